The number of alkyl halides is 4. The van der Waals surface area contributed by atoms with E-state index in [9.17, 15) is 22.4 Å². The summed E-state index contributed by atoms with van der Waals surface area (Å²) in [7, 11) is 1.41. The molecule has 0 radical (unpaired) electrons. The Kier molecular flexibility index (Phi) is 7.27. The lowest BCUT2D eigenvalue weighted by molar-refractivity contribution is 0.104. The van der Waals surface area contributed by atoms with Crippen molar-refractivity contribution >= 4 is 27.8 Å². The molecule has 0 aliphatic rings. The van der Waals surface area contributed by atoms with E-state index >= 15 is 0 Å². The van der Waals surface area contributed by atoms with Crippen LogP contribution in [0.15, 0.2) is 59.1 Å². The highest BCUT2D eigenvalue weighted by Gasteiger charge is 2.22. The molecule has 4 nitrogen and oxygen atoms in total. The second kappa shape index (κ2) is 9.91. The monoisotopic (exact) mass is 496 g/mol. The summed E-state index contributed by atoms with van der Waals surface area (Å²) < 4.78 is 59.3. The summed E-state index contributed by atoms with van der Waals surface area (Å²) in [6.07, 6.45) is -2.95. The average molecular weight is 497 g/mol. The molecule has 0 saturated carbocycles. The lowest BCUT2D eigenvalue weighted by atomic mass is 10.1. The Hall–Kier alpha value is -2.94. The van der Waals surface area contributed by atoms with Crippen molar-refractivity contribution < 1.29 is 27.1 Å². The fourth-order valence-corrected chi connectivity index (χ4v) is 3.36. The standard InChI is InChI=1S/C22H17BrF4N2O2/c1-31-20-8-6-13(5-7-19(30)14-3-2-4-16(23)10-14)9-15(20)12-29-18(22(26)27)11-17(28-29)21(24)25/h2-11,21-22H,12H2,1H3/b7-5+. The number of nitrogens with zero attached hydrogens (tertiary/aromatic N) is 2. The Morgan fingerprint density at radius 1 is 1.13 bits per heavy atom. The molecular weight excluding hydrogens is 480 g/mol. The summed E-state index contributed by atoms with van der Waals surface area (Å²) in [5, 5.41) is 3.61. The second-order valence-electron chi connectivity index (χ2n) is 6.53. The zero-order valence-electron chi connectivity index (χ0n) is 16.2. The lowest BCUT2D eigenvalue weighted by Crippen LogP contribution is -2.08. The minimum Gasteiger partial charge on any atom is -0.496 e. The van der Waals surface area contributed by atoms with Crippen LogP contribution in [0.4, 0.5) is 17.6 Å². The lowest BCUT2D eigenvalue weighted by Gasteiger charge is -2.12. The van der Waals surface area contributed by atoms with Crippen molar-refractivity contribution in [3.63, 3.8) is 0 Å². The molecule has 0 fully saturated rings. The van der Waals surface area contributed by atoms with Gasteiger partial charge in [-0.3, -0.25) is 9.48 Å². The SMILES string of the molecule is COc1ccc(/C=C/C(=O)c2cccc(Br)c2)cc1Cn1nc(C(F)F)cc1C(F)F. The van der Waals surface area contributed by atoms with Gasteiger partial charge in [-0.1, -0.05) is 40.2 Å². The molecule has 3 aromatic rings. The maximum atomic E-state index is 13.3. The number of ketones is 1. The predicted octanol–water partition coefficient (Wildman–Crippen LogP) is 6.47. The molecule has 0 atom stereocenters. The topological polar surface area (TPSA) is 44.1 Å². The van der Waals surface area contributed by atoms with Crippen molar-refractivity contribution in [3.05, 3.63) is 87.2 Å². The third-order valence-corrected chi connectivity index (χ3v) is 4.93. The molecule has 2 aromatic carbocycles. The van der Waals surface area contributed by atoms with Crippen LogP contribution in [0.1, 0.15) is 45.7 Å². The van der Waals surface area contributed by atoms with Gasteiger partial charge in [0.2, 0.25) is 0 Å². The third-order valence-electron chi connectivity index (χ3n) is 4.44. The van der Waals surface area contributed by atoms with E-state index < -0.39 is 24.2 Å². The number of halogens is 5. The second-order valence-corrected chi connectivity index (χ2v) is 7.45. The summed E-state index contributed by atoms with van der Waals surface area (Å²) in [5.41, 5.74) is 0.231. The van der Waals surface area contributed by atoms with Gasteiger partial charge in [0, 0.05) is 15.6 Å². The van der Waals surface area contributed by atoms with Crippen molar-refractivity contribution in [2.75, 3.05) is 7.11 Å². The minimum atomic E-state index is -2.96. The van der Waals surface area contributed by atoms with E-state index in [0.717, 1.165) is 9.15 Å². The van der Waals surface area contributed by atoms with E-state index in [-0.39, 0.29) is 12.3 Å². The molecular formula is C22H17BrF4N2O2. The van der Waals surface area contributed by atoms with Crippen LogP contribution in [0.5, 0.6) is 5.75 Å². The first kappa shape index (κ1) is 22.7. The molecule has 162 valence electrons. The average Bonchev–Trinajstić information content (AvgIpc) is 3.16. The zero-order valence-corrected chi connectivity index (χ0v) is 17.8. The molecule has 9 heteroatoms. The van der Waals surface area contributed by atoms with Crippen LogP contribution >= 0.6 is 15.9 Å². The molecule has 0 amide bonds. The molecule has 0 N–H and O–H groups in total. The van der Waals surface area contributed by atoms with Crippen molar-refractivity contribution in [1.29, 1.82) is 0 Å². The van der Waals surface area contributed by atoms with Crippen LogP contribution < -0.4 is 4.74 Å². The fraction of sp³-hybridized carbons (Fsp3) is 0.182. The molecule has 0 bridgehead atoms. The Morgan fingerprint density at radius 2 is 1.90 bits per heavy atom. The normalized spacial score (nSPS) is 11.6. The first-order valence-corrected chi connectivity index (χ1v) is 9.86. The maximum Gasteiger partial charge on any atom is 0.282 e. The van der Waals surface area contributed by atoms with Crippen LogP contribution in [0.25, 0.3) is 6.08 Å². The van der Waals surface area contributed by atoms with Gasteiger partial charge in [0.05, 0.1) is 13.7 Å². The van der Waals surface area contributed by atoms with Crippen LogP contribution in [0.3, 0.4) is 0 Å². The highest BCUT2D eigenvalue weighted by molar-refractivity contribution is 9.10. The first-order valence-electron chi connectivity index (χ1n) is 9.07. The van der Waals surface area contributed by atoms with Gasteiger partial charge in [0.1, 0.15) is 17.1 Å². The first-order chi connectivity index (χ1) is 14.8. The van der Waals surface area contributed by atoms with E-state index in [1.807, 2.05) is 0 Å². The molecule has 0 aliphatic carbocycles. The van der Waals surface area contributed by atoms with Gasteiger partial charge >= 0.3 is 0 Å². The van der Waals surface area contributed by atoms with Crippen molar-refractivity contribution in [2.24, 2.45) is 0 Å². The van der Waals surface area contributed by atoms with Gasteiger partial charge in [-0.25, -0.2) is 17.6 Å². The van der Waals surface area contributed by atoms with Gasteiger partial charge in [0.25, 0.3) is 12.9 Å². The highest BCUT2D eigenvalue weighted by Crippen LogP contribution is 2.28. The zero-order chi connectivity index (χ0) is 22.5. The summed E-state index contributed by atoms with van der Waals surface area (Å²) in [6.45, 7) is -0.198. The number of aromatic nitrogens is 2. The molecule has 31 heavy (non-hydrogen) atoms. The van der Waals surface area contributed by atoms with E-state index in [4.69, 9.17) is 4.74 Å². The summed E-state index contributed by atoms with van der Waals surface area (Å²) >= 11 is 3.31. The summed E-state index contributed by atoms with van der Waals surface area (Å²) in [5.74, 6) is 0.164. The van der Waals surface area contributed by atoms with E-state index in [1.54, 1.807) is 48.5 Å². The van der Waals surface area contributed by atoms with Crippen LogP contribution in [-0.4, -0.2) is 22.7 Å². The number of benzene rings is 2. The quantitative estimate of drug-likeness (QED) is 0.204. The summed E-state index contributed by atoms with van der Waals surface area (Å²) in [4.78, 5) is 12.4. The Morgan fingerprint density at radius 3 is 2.55 bits per heavy atom. The van der Waals surface area contributed by atoms with E-state index in [2.05, 4.69) is 21.0 Å². The van der Waals surface area contributed by atoms with Crippen LogP contribution in [0, 0.1) is 0 Å². The van der Waals surface area contributed by atoms with Crippen LogP contribution in [-0.2, 0) is 6.54 Å². The molecule has 1 heterocycles. The maximum absolute atomic E-state index is 13.3. The molecule has 1 aromatic heterocycles. The number of methoxy groups -OCH3 is 1. The highest BCUT2D eigenvalue weighted by atomic mass is 79.9. The number of rotatable bonds is 8. The Labute approximate surface area is 184 Å². The third kappa shape index (κ3) is 5.61. The largest absolute Gasteiger partial charge is 0.496 e. The Bertz CT molecular complexity index is 1110. The minimum absolute atomic E-state index is 0.198. The van der Waals surface area contributed by atoms with Gasteiger partial charge < -0.3 is 4.74 Å². The summed E-state index contributed by atoms with van der Waals surface area (Å²) in [6, 6.07) is 12.5. The number of carbonyl (C=O) groups excluding carboxylic acids is 1. The molecule has 0 unspecified atom stereocenters. The predicted molar refractivity (Wildman–Crippen MR) is 112 cm³/mol. The number of allylic oxidation sites excluding steroid dienone is 1. The van der Waals surface area contributed by atoms with Crippen molar-refractivity contribution in [3.8, 4) is 5.75 Å². The van der Waals surface area contributed by atoms with Crippen LogP contribution in [0.2, 0.25) is 0 Å². The van der Waals surface area contributed by atoms with E-state index in [0.29, 0.717) is 28.5 Å². The number of carbonyl (C=O) groups is 1. The molecule has 3 rings (SSSR count). The number of hydrogen-bond donors (Lipinski definition) is 0. The molecule has 0 aliphatic heterocycles. The van der Waals surface area contributed by atoms with Crippen molar-refractivity contribution in [2.45, 2.75) is 19.4 Å². The van der Waals surface area contributed by atoms with Gasteiger partial charge in [-0.05, 0) is 42.0 Å². The van der Waals surface area contributed by atoms with E-state index in [1.165, 1.54) is 13.2 Å². The van der Waals surface area contributed by atoms with Gasteiger partial charge in [-0.2, -0.15) is 5.10 Å². The smallest absolute Gasteiger partial charge is 0.282 e. The fourth-order valence-electron chi connectivity index (χ4n) is 2.96. The number of ether oxygens (including phenoxy) is 1. The van der Waals surface area contributed by atoms with Gasteiger partial charge in [-0.15, -0.1) is 0 Å². The van der Waals surface area contributed by atoms with Crippen molar-refractivity contribution in [1.82, 2.24) is 9.78 Å². The Balaban J connectivity index is 1.89. The molecule has 0 spiro atoms. The molecule has 0 saturated heterocycles. The van der Waals surface area contributed by atoms with Gasteiger partial charge in [0.15, 0.2) is 5.78 Å². The number of hydrogen-bond acceptors (Lipinski definition) is 3.